The van der Waals surface area contributed by atoms with Crippen LogP contribution in [-0.4, -0.2) is 78.5 Å². The van der Waals surface area contributed by atoms with E-state index in [9.17, 15) is 4.79 Å². The fraction of sp³-hybridized carbons (Fsp3) is 0.444. The van der Waals surface area contributed by atoms with Crippen molar-refractivity contribution in [1.29, 1.82) is 0 Å². The van der Waals surface area contributed by atoms with E-state index in [0.29, 0.717) is 12.5 Å². The van der Waals surface area contributed by atoms with Crippen LogP contribution in [0.1, 0.15) is 29.9 Å². The average Bonchev–Trinajstić information content (AvgIpc) is 3.29. The number of methoxy groups -OCH3 is 1. The highest BCUT2D eigenvalue weighted by atomic mass is 16.5. The number of hydrogen-bond donors (Lipinski definition) is 1. The number of aromatic amines is 1. The fourth-order valence-corrected chi connectivity index (χ4v) is 5.28. The summed E-state index contributed by atoms with van der Waals surface area (Å²) in [5.41, 5.74) is 3.88. The zero-order valence-electron chi connectivity index (χ0n) is 19.5. The third-order valence-corrected chi connectivity index (χ3v) is 7.28. The van der Waals surface area contributed by atoms with Gasteiger partial charge in [0, 0.05) is 49.8 Å². The number of carbonyl (C=O) groups excluding carboxylic acids is 1. The molecule has 3 heterocycles. The summed E-state index contributed by atoms with van der Waals surface area (Å²) in [6.45, 7) is 7.03. The van der Waals surface area contributed by atoms with Gasteiger partial charge in [-0.15, -0.1) is 0 Å². The summed E-state index contributed by atoms with van der Waals surface area (Å²) >= 11 is 0. The number of benzene rings is 2. The summed E-state index contributed by atoms with van der Waals surface area (Å²) in [4.78, 5) is 23.2. The quantitative estimate of drug-likeness (QED) is 0.627. The van der Waals surface area contributed by atoms with Gasteiger partial charge in [-0.1, -0.05) is 30.3 Å². The Bertz CT molecular complexity index is 1060. The second-order valence-electron chi connectivity index (χ2n) is 9.35. The Morgan fingerprint density at radius 2 is 1.73 bits per heavy atom. The number of H-pyrrole nitrogens is 1. The average molecular weight is 447 g/mol. The number of aromatic nitrogens is 1. The number of nitrogens with zero attached hydrogens (tertiary/aromatic N) is 3. The molecule has 2 saturated heterocycles. The van der Waals surface area contributed by atoms with Crippen LogP contribution in [0, 0.1) is 0 Å². The van der Waals surface area contributed by atoms with Crippen molar-refractivity contribution >= 4 is 16.8 Å². The lowest BCUT2D eigenvalue weighted by Gasteiger charge is -2.37. The molecule has 0 unspecified atom stereocenters. The largest absolute Gasteiger partial charge is 0.497 e. The van der Waals surface area contributed by atoms with Gasteiger partial charge in [0.15, 0.2) is 0 Å². The molecule has 0 aliphatic carbocycles. The number of rotatable bonds is 6. The molecule has 2 fully saturated rings. The number of carbonyl (C=O) groups is 1. The van der Waals surface area contributed by atoms with Crippen LogP contribution in [-0.2, 0) is 11.3 Å². The molecule has 3 aromatic rings. The first-order chi connectivity index (χ1) is 16.2. The van der Waals surface area contributed by atoms with Gasteiger partial charge in [0.1, 0.15) is 5.75 Å². The van der Waals surface area contributed by atoms with E-state index in [4.69, 9.17) is 4.74 Å². The van der Waals surface area contributed by atoms with Crippen LogP contribution in [0.3, 0.4) is 0 Å². The normalized spacial score (nSPS) is 18.6. The summed E-state index contributed by atoms with van der Waals surface area (Å²) in [5.74, 6) is 1.71. The SMILES string of the molecule is COc1ccc2[nH]cc(C3CCN(CC(=O)N4CCN(Cc5ccccc5)CC4)CC3)c2c1. The number of piperazine rings is 1. The van der Waals surface area contributed by atoms with E-state index < -0.39 is 0 Å². The van der Waals surface area contributed by atoms with E-state index in [0.717, 1.165) is 69.9 Å². The monoisotopic (exact) mass is 446 g/mol. The second kappa shape index (κ2) is 9.98. The zero-order chi connectivity index (χ0) is 22.6. The minimum absolute atomic E-state index is 0.282. The van der Waals surface area contributed by atoms with Crippen LogP contribution in [0.2, 0.25) is 0 Å². The van der Waals surface area contributed by atoms with Gasteiger partial charge in [-0.2, -0.15) is 0 Å². The lowest BCUT2D eigenvalue weighted by atomic mass is 9.89. The van der Waals surface area contributed by atoms with Crippen molar-refractivity contribution in [3.63, 3.8) is 0 Å². The molecule has 174 valence electrons. The summed E-state index contributed by atoms with van der Waals surface area (Å²) in [5, 5.41) is 1.26. The van der Waals surface area contributed by atoms with E-state index in [2.05, 4.69) is 68.3 Å². The minimum Gasteiger partial charge on any atom is -0.497 e. The number of hydrogen-bond acceptors (Lipinski definition) is 4. The van der Waals surface area contributed by atoms with Crippen molar-refractivity contribution in [3.05, 3.63) is 65.9 Å². The fourth-order valence-electron chi connectivity index (χ4n) is 5.28. The van der Waals surface area contributed by atoms with Gasteiger partial charge < -0.3 is 14.6 Å². The van der Waals surface area contributed by atoms with Gasteiger partial charge in [0.05, 0.1) is 13.7 Å². The Morgan fingerprint density at radius 3 is 2.45 bits per heavy atom. The molecule has 6 heteroatoms. The Kier molecular flexibility index (Phi) is 6.65. The summed E-state index contributed by atoms with van der Waals surface area (Å²) in [6, 6.07) is 16.8. The van der Waals surface area contributed by atoms with Gasteiger partial charge in [-0.3, -0.25) is 14.6 Å². The third kappa shape index (κ3) is 5.07. The molecule has 5 rings (SSSR count). The molecule has 2 aliphatic heterocycles. The predicted octanol–water partition coefficient (Wildman–Crippen LogP) is 3.70. The molecule has 2 aromatic carbocycles. The molecule has 0 saturated carbocycles. The van der Waals surface area contributed by atoms with Crippen molar-refractivity contribution in [2.45, 2.75) is 25.3 Å². The van der Waals surface area contributed by atoms with Crippen LogP contribution >= 0.6 is 0 Å². The predicted molar refractivity (Wildman–Crippen MR) is 132 cm³/mol. The molecule has 33 heavy (non-hydrogen) atoms. The molecular formula is C27H34N4O2. The number of nitrogens with one attached hydrogen (secondary N) is 1. The van der Waals surface area contributed by atoms with Crippen LogP contribution in [0.15, 0.2) is 54.7 Å². The summed E-state index contributed by atoms with van der Waals surface area (Å²) in [7, 11) is 1.71. The van der Waals surface area contributed by atoms with Crippen LogP contribution in [0.5, 0.6) is 5.75 Å². The van der Waals surface area contributed by atoms with E-state index >= 15 is 0 Å². The highest BCUT2D eigenvalue weighted by Crippen LogP contribution is 2.34. The van der Waals surface area contributed by atoms with Gasteiger partial charge >= 0.3 is 0 Å². The first kappa shape index (κ1) is 22.0. The molecule has 0 bridgehead atoms. The van der Waals surface area contributed by atoms with Crippen molar-refractivity contribution < 1.29 is 9.53 Å². The maximum atomic E-state index is 12.9. The zero-order valence-corrected chi connectivity index (χ0v) is 19.5. The molecule has 0 spiro atoms. The van der Waals surface area contributed by atoms with Crippen molar-refractivity contribution in [2.75, 3.05) is 52.9 Å². The van der Waals surface area contributed by atoms with Gasteiger partial charge in [-0.25, -0.2) is 0 Å². The minimum atomic E-state index is 0.282. The Hall–Kier alpha value is -2.83. The topological polar surface area (TPSA) is 51.8 Å². The first-order valence-corrected chi connectivity index (χ1v) is 12.1. The maximum absolute atomic E-state index is 12.9. The first-order valence-electron chi connectivity index (χ1n) is 12.1. The third-order valence-electron chi connectivity index (χ3n) is 7.28. The summed E-state index contributed by atoms with van der Waals surface area (Å²) in [6.07, 6.45) is 4.33. The van der Waals surface area contributed by atoms with Crippen molar-refractivity contribution in [1.82, 2.24) is 19.7 Å². The Labute approximate surface area is 196 Å². The number of ether oxygens (including phenoxy) is 1. The highest BCUT2D eigenvalue weighted by Gasteiger charge is 2.27. The highest BCUT2D eigenvalue weighted by molar-refractivity contribution is 5.85. The molecule has 1 amide bonds. The number of likely N-dealkylation sites (tertiary alicyclic amines) is 1. The molecule has 1 aromatic heterocycles. The molecule has 0 radical (unpaired) electrons. The van der Waals surface area contributed by atoms with Crippen molar-refractivity contribution in [3.8, 4) is 5.75 Å². The van der Waals surface area contributed by atoms with Crippen molar-refractivity contribution in [2.24, 2.45) is 0 Å². The number of fused-ring (bicyclic) bond motifs is 1. The Balaban J connectivity index is 1.10. The van der Waals surface area contributed by atoms with E-state index in [1.54, 1.807) is 7.11 Å². The lowest BCUT2D eigenvalue weighted by molar-refractivity contribution is -0.134. The van der Waals surface area contributed by atoms with Crippen LogP contribution in [0.4, 0.5) is 0 Å². The van der Waals surface area contributed by atoms with E-state index in [1.165, 1.54) is 16.5 Å². The molecular weight excluding hydrogens is 412 g/mol. The van der Waals surface area contributed by atoms with E-state index in [1.807, 2.05) is 6.07 Å². The van der Waals surface area contributed by atoms with Crippen LogP contribution in [0.25, 0.3) is 10.9 Å². The number of piperidine rings is 1. The smallest absolute Gasteiger partial charge is 0.236 e. The maximum Gasteiger partial charge on any atom is 0.236 e. The lowest BCUT2D eigenvalue weighted by Crippen LogP contribution is -2.51. The number of amides is 1. The molecule has 6 nitrogen and oxygen atoms in total. The Morgan fingerprint density at radius 1 is 0.970 bits per heavy atom. The summed E-state index contributed by atoms with van der Waals surface area (Å²) < 4.78 is 5.42. The standard InChI is InChI=1S/C27H34N4O2/c1-33-23-7-8-26-24(17-23)25(18-28-26)22-9-11-29(12-10-22)20-27(32)31-15-13-30(14-16-31)19-21-5-3-2-4-6-21/h2-8,17-18,22,28H,9-16,19-20H2,1H3. The van der Waals surface area contributed by atoms with Gasteiger partial charge in [-0.05, 0) is 61.2 Å². The molecule has 2 aliphatic rings. The molecule has 0 atom stereocenters. The van der Waals surface area contributed by atoms with Gasteiger partial charge in [0.25, 0.3) is 0 Å². The molecule has 1 N–H and O–H groups in total. The van der Waals surface area contributed by atoms with Gasteiger partial charge in [0.2, 0.25) is 5.91 Å². The van der Waals surface area contributed by atoms with Crippen LogP contribution < -0.4 is 4.74 Å². The second-order valence-corrected chi connectivity index (χ2v) is 9.35. The van der Waals surface area contributed by atoms with E-state index in [-0.39, 0.29) is 5.91 Å².